The Morgan fingerprint density at radius 2 is 1.53 bits per heavy atom. The number of rotatable bonds is 5. The van der Waals surface area contributed by atoms with Crippen molar-refractivity contribution in [3.05, 3.63) is 89.5 Å². The summed E-state index contributed by atoms with van der Waals surface area (Å²) in [6.07, 6.45) is 0.814. The van der Waals surface area contributed by atoms with Gasteiger partial charge < -0.3 is 14.4 Å². The van der Waals surface area contributed by atoms with Gasteiger partial charge >= 0.3 is 0 Å². The highest BCUT2D eigenvalue weighted by molar-refractivity contribution is 5.97. The summed E-state index contributed by atoms with van der Waals surface area (Å²) in [6.45, 7) is 8.65. The van der Waals surface area contributed by atoms with Crippen molar-refractivity contribution in [3.63, 3.8) is 0 Å². The van der Waals surface area contributed by atoms with Gasteiger partial charge in [-0.05, 0) is 68.7 Å². The third kappa shape index (κ3) is 3.97. The number of benzene rings is 3. The number of carbonyl (C=O) groups is 1. The van der Waals surface area contributed by atoms with E-state index in [1.54, 1.807) is 7.11 Å². The average molecular weight is 430 g/mol. The maximum Gasteiger partial charge on any atom is 0.265 e. The molecule has 1 heterocycles. The monoisotopic (exact) mass is 429 g/mol. The molecular formula is C28H31NO3. The highest BCUT2D eigenvalue weighted by atomic mass is 16.5. The molecule has 0 aromatic heterocycles. The van der Waals surface area contributed by atoms with Gasteiger partial charge in [-0.2, -0.15) is 0 Å². The zero-order chi connectivity index (χ0) is 22.9. The van der Waals surface area contributed by atoms with Crippen molar-refractivity contribution in [1.29, 1.82) is 0 Å². The molecule has 3 aromatic carbocycles. The summed E-state index contributed by atoms with van der Waals surface area (Å²) in [6, 6.07) is 24.3. The molecule has 4 rings (SSSR count). The van der Waals surface area contributed by atoms with Crippen LogP contribution in [0.25, 0.3) is 0 Å². The molecule has 1 amide bonds. The van der Waals surface area contributed by atoms with Crippen molar-refractivity contribution in [2.45, 2.75) is 45.1 Å². The zero-order valence-corrected chi connectivity index (χ0v) is 19.5. The van der Waals surface area contributed by atoms with Crippen LogP contribution in [0.2, 0.25) is 0 Å². The minimum absolute atomic E-state index is 0.0225. The number of anilines is 1. The van der Waals surface area contributed by atoms with Gasteiger partial charge in [-0.1, -0.05) is 55.0 Å². The third-order valence-corrected chi connectivity index (χ3v) is 6.49. The lowest BCUT2D eigenvalue weighted by Crippen LogP contribution is -2.57. The Morgan fingerprint density at radius 3 is 2.19 bits per heavy atom. The Kier molecular flexibility index (Phi) is 5.72. The summed E-state index contributed by atoms with van der Waals surface area (Å²) in [7, 11) is 1.62. The second-order valence-electron chi connectivity index (χ2n) is 9.40. The number of ether oxygens (including phenoxy) is 2. The molecule has 1 aliphatic heterocycles. The van der Waals surface area contributed by atoms with E-state index in [-0.39, 0.29) is 23.5 Å². The fourth-order valence-electron chi connectivity index (χ4n) is 5.03. The van der Waals surface area contributed by atoms with Crippen LogP contribution in [0.4, 0.5) is 5.69 Å². The predicted molar refractivity (Wildman–Crippen MR) is 129 cm³/mol. The lowest BCUT2D eigenvalue weighted by Gasteiger charge is -2.51. The zero-order valence-electron chi connectivity index (χ0n) is 19.5. The molecule has 0 spiro atoms. The molecule has 0 aliphatic carbocycles. The van der Waals surface area contributed by atoms with Gasteiger partial charge in [0.2, 0.25) is 0 Å². The van der Waals surface area contributed by atoms with Crippen LogP contribution in [0.1, 0.15) is 43.9 Å². The van der Waals surface area contributed by atoms with Crippen LogP contribution in [-0.2, 0) is 10.2 Å². The molecular weight excluding hydrogens is 398 g/mol. The molecule has 0 radical (unpaired) electrons. The normalized spacial score (nSPS) is 19.2. The van der Waals surface area contributed by atoms with Crippen LogP contribution in [0.3, 0.4) is 0 Å². The summed E-state index contributed by atoms with van der Waals surface area (Å²) in [4.78, 5) is 15.4. The topological polar surface area (TPSA) is 38.8 Å². The standard InChI is InChI=1S/C28H31NO3/c1-20-10-12-21(13-11-20)28(4)19-27(2,3)29(25-9-7-6-8-24(25)28)26(30)18-32-23-16-14-22(31-5)15-17-23/h6-17H,18-19H2,1-5H3/t28-/m1/s1. The maximum atomic E-state index is 13.4. The Hall–Kier alpha value is -3.27. The number of amides is 1. The van der Waals surface area contributed by atoms with Gasteiger partial charge in [0.15, 0.2) is 6.61 Å². The molecule has 32 heavy (non-hydrogen) atoms. The van der Waals surface area contributed by atoms with E-state index < -0.39 is 0 Å². The van der Waals surface area contributed by atoms with Gasteiger partial charge in [0.1, 0.15) is 11.5 Å². The Labute approximate surface area is 190 Å². The summed E-state index contributed by atoms with van der Waals surface area (Å²) < 4.78 is 11.0. The fourth-order valence-corrected chi connectivity index (χ4v) is 5.03. The van der Waals surface area contributed by atoms with Crippen LogP contribution in [0.15, 0.2) is 72.8 Å². The van der Waals surface area contributed by atoms with Crippen LogP contribution < -0.4 is 14.4 Å². The lowest BCUT2D eigenvalue weighted by molar-refractivity contribution is -0.121. The molecule has 1 aliphatic rings. The van der Waals surface area contributed by atoms with Crippen molar-refractivity contribution >= 4 is 11.6 Å². The number of fused-ring (bicyclic) bond motifs is 1. The molecule has 0 fully saturated rings. The van der Waals surface area contributed by atoms with Crippen molar-refractivity contribution in [2.75, 3.05) is 18.6 Å². The van der Waals surface area contributed by atoms with E-state index >= 15 is 0 Å². The number of nitrogens with zero attached hydrogens (tertiary/aromatic N) is 1. The van der Waals surface area contributed by atoms with E-state index in [1.807, 2.05) is 41.3 Å². The molecule has 166 valence electrons. The van der Waals surface area contributed by atoms with E-state index in [1.165, 1.54) is 16.7 Å². The third-order valence-electron chi connectivity index (χ3n) is 6.49. The van der Waals surface area contributed by atoms with Gasteiger partial charge in [-0.25, -0.2) is 0 Å². The van der Waals surface area contributed by atoms with Crippen LogP contribution in [-0.4, -0.2) is 25.2 Å². The van der Waals surface area contributed by atoms with Crippen LogP contribution in [0, 0.1) is 6.92 Å². The van der Waals surface area contributed by atoms with Crippen molar-refractivity contribution in [3.8, 4) is 11.5 Å². The fraction of sp³-hybridized carbons (Fsp3) is 0.321. The first-order valence-corrected chi connectivity index (χ1v) is 11.0. The van der Waals surface area contributed by atoms with Crippen molar-refractivity contribution < 1.29 is 14.3 Å². The first-order chi connectivity index (χ1) is 15.2. The minimum Gasteiger partial charge on any atom is -0.497 e. The smallest absolute Gasteiger partial charge is 0.265 e. The van der Waals surface area contributed by atoms with Crippen molar-refractivity contribution in [1.82, 2.24) is 0 Å². The molecule has 0 bridgehead atoms. The SMILES string of the molecule is COc1ccc(OCC(=O)N2c3ccccc3[C@@](C)(c3ccc(C)cc3)CC2(C)C)cc1. The molecule has 0 unspecified atom stereocenters. The van der Waals surface area contributed by atoms with Crippen LogP contribution >= 0.6 is 0 Å². The largest absolute Gasteiger partial charge is 0.497 e. The first-order valence-electron chi connectivity index (χ1n) is 11.0. The van der Waals surface area contributed by atoms with Crippen LogP contribution in [0.5, 0.6) is 11.5 Å². The van der Waals surface area contributed by atoms with E-state index in [4.69, 9.17) is 9.47 Å². The summed E-state index contributed by atoms with van der Waals surface area (Å²) in [5.74, 6) is 1.35. The highest BCUT2D eigenvalue weighted by Gasteiger charge is 2.47. The minimum atomic E-state index is -0.381. The van der Waals surface area contributed by atoms with E-state index in [0.29, 0.717) is 5.75 Å². The average Bonchev–Trinajstić information content (AvgIpc) is 2.78. The lowest BCUT2D eigenvalue weighted by atomic mass is 9.65. The molecule has 1 atom stereocenters. The van der Waals surface area contributed by atoms with Crippen molar-refractivity contribution in [2.24, 2.45) is 0 Å². The number of methoxy groups -OCH3 is 1. The van der Waals surface area contributed by atoms with Gasteiger partial charge in [-0.15, -0.1) is 0 Å². The second-order valence-corrected chi connectivity index (χ2v) is 9.40. The Balaban J connectivity index is 1.66. The van der Waals surface area contributed by atoms with Gasteiger partial charge in [-0.3, -0.25) is 4.79 Å². The molecule has 4 heteroatoms. The summed E-state index contributed by atoms with van der Waals surface area (Å²) >= 11 is 0. The predicted octanol–water partition coefficient (Wildman–Crippen LogP) is 5.90. The second kappa shape index (κ2) is 8.34. The number of para-hydroxylation sites is 1. The van der Waals surface area contributed by atoms with Gasteiger partial charge in [0, 0.05) is 16.6 Å². The molecule has 0 saturated carbocycles. The number of hydrogen-bond donors (Lipinski definition) is 0. The van der Waals surface area contributed by atoms with E-state index in [0.717, 1.165) is 17.9 Å². The summed E-state index contributed by atoms with van der Waals surface area (Å²) in [5.41, 5.74) is 4.06. The highest BCUT2D eigenvalue weighted by Crippen LogP contribution is 2.50. The first kappa shape index (κ1) is 21.9. The molecule has 4 nitrogen and oxygen atoms in total. The maximum absolute atomic E-state index is 13.4. The van der Waals surface area contributed by atoms with Gasteiger partial charge in [0.05, 0.1) is 7.11 Å². The summed E-state index contributed by atoms with van der Waals surface area (Å²) in [5, 5.41) is 0. The quantitative estimate of drug-likeness (QED) is 0.507. The Bertz CT molecular complexity index is 1100. The molecule has 3 aromatic rings. The van der Waals surface area contributed by atoms with E-state index in [2.05, 4.69) is 64.1 Å². The number of hydrogen-bond acceptors (Lipinski definition) is 3. The molecule has 0 N–H and O–H groups in total. The van der Waals surface area contributed by atoms with E-state index in [9.17, 15) is 4.79 Å². The Morgan fingerprint density at radius 1 is 0.906 bits per heavy atom. The molecule has 0 saturated heterocycles. The number of carbonyl (C=O) groups excluding carboxylic acids is 1. The van der Waals surface area contributed by atoms with Gasteiger partial charge in [0.25, 0.3) is 5.91 Å². The number of aryl methyl sites for hydroxylation is 1.